The van der Waals surface area contributed by atoms with Gasteiger partial charge in [-0.05, 0) is 17.7 Å². The lowest BCUT2D eigenvalue weighted by Gasteiger charge is -1.97. The van der Waals surface area contributed by atoms with Crippen molar-refractivity contribution in [2.24, 2.45) is 7.05 Å². The summed E-state index contributed by atoms with van der Waals surface area (Å²) in [5.41, 5.74) is 2.52. The average molecular weight is 256 g/mol. The lowest BCUT2D eigenvalue weighted by molar-refractivity contribution is 0.963. The predicted octanol–water partition coefficient (Wildman–Crippen LogP) is 3.37. The Kier molecular flexibility index (Phi) is 2.39. The van der Waals surface area contributed by atoms with E-state index >= 15 is 0 Å². The Labute approximate surface area is 91.3 Å². The molecule has 0 aliphatic heterocycles. The number of rotatable bonds is 1. The van der Waals surface area contributed by atoms with Gasteiger partial charge in [0.2, 0.25) is 0 Å². The van der Waals surface area contributed by atoms with Crippen molar-refractivity contribution in [2.75, 3.05) is 0 Å². The van der Waals surface area contributed by atoms with E-state index in [4.69, 9.17) is 0 Å². The zero-order valence-electron chi connectivity index (χ0n) is 7.29. The maximum absolute atomic E-state index is 4.31. The van der Waals surface area contributed by atoms with Crippen LogP contribution in [0, 0.1) is 0 Å². The predicted molar refractivity (Wildman–Crippen MR) is 63.3 cm³/mol. The first-order valence-electron chi connectivity index (χ1n) is 4.07. The molecule has 0 N–H and O–H groups in total. The topological polar surface area (TPSA) is 4.93 Å². The van der Waals surface area contributed by atoms with E-state index in [0.717, 1.165) is 10.2 Å². The number of halogens is 1. The summed E-state index contributed by atoms with van der Waals surface area (Å²) in [4.78, 5) is 0. The molecule has 1 nitrogen and oxygen atoms in total. The molecule has 1 aromatic carbocycles. The highest BCUT2D eigenvalue weighted by molar-refractivity contribution is 9.10. The summed E-state index contributed by atoms with van der Waals surface area (Å²) in [5.74, 6) is 0.778. The Bertz CT molecular complexity index is 447. The van der Waals surface area contributed by atoms with Gasteiger partial charge in [0.05, 0.1) is 0 Å². The fraction of sp³-hybridized carbons (Fsp3) is 0.200. The summed E-state index contributed by atoms with van der Waals surface area (Å²) >= 11 is 7.87. The van der Waals surface area contributed by atoms with Gasteiger partial charge in [0, 0.05) is 34.4 Å². The van der Waals surface area contributed by atoms with Gasteiger partial charge in [0.1, 0.15) is 0 Å². The Morgan fingerprint density at radius 3 is 2.92 bits per heavy atom. The molecule has 0 spiro atoms. The van der Waals surface area contributed by atoms with Gasteiger partial charge in [-0.1, -0.05) is 22.0 Å². The zero-order chi connectivity index (χ0) is 9.42. The highest BCUT2D eigenvalue weighted by Crippen LogP contribution is 2.29. The fourth-order valence-electron chi connectivity index (χ4n) is 1.61. The van der Waals surface area contributed by atoms with Crippen LogP contribution in [0.4, 0.5) is 0 Å². The van der Waals surface area contributed by atoms with Crippen molar-refractivity contribution in [3.05, 3.63) is 34.4 Å². The maximum atomic E-state index is 4.31. The monoisotopic (exact) mass is 255 g/mol. The molecule has 13 heavy (non-hydrogen) atoms. The van der Waals surface area contributed by atoms with Crippen LogP contribution in [-0.4, -0.2) is 4.57 Å². The quantitative estimate of drug-likeness (QED) is 0.746. The Morgan fingerprint density at radius 2 is 2.23 bits per heavy atom. The van der Waals surface area contributed by atoms with Crippen LogP contribution in [0.3, 0.4) is 0 Å². The number of benzene rings is 1. The molecule has 0 atom stereocenters. The number of thiol groups is 1. The lowest BCUT2D eigenvalue weighted by Crippen LogP contribution is -1.82. The first-order chi connectivity index (χ1) is 6.24. The number of hydrogen-bond donors (Lipinski definition) is 1. The summed E-state index contributed by atoms with van der Waals surface area (Å²) in [5, 5.41) is 1.28. The minimum atomic E-state index is 0.778. The van der Waals surface area contributed by atoms with Crippen LogP contribution in [0.2, 0.25) is 0 Å². The van der Waals surface area contributed by atoms with E-state index in [1.54, 1.807) is 0 Å². The molecule has 1 aromatic heterocycles. The zero-order valence-corrected chi connectivity index (χ0v) is 9.77. The minimum absolute atomic E-state index is 0.778. The summed E-state index contributed by atoms with van der Waals surface area (Å²) in [6.45, 7) is 0. The number of fused-ring (bicyclic) bond motifs is 1. The SMILES string of the molecule is Cn1cc(CS)c2c(Br)cccc21. The molecule has 0 unspecified atom stereocenters. The van der Waals surface area contributed by atoms with Gasteiger partial charge in [-0.15, -0.1) is 0 Å². The van der Waals surface area contributed by atoms with E-state index in [1.165, 1.54) is 16.5 Å². The second kappa shape index (κ2) is 3.39. The van der Waals surface area contributed by atoms with Gasteiger partial charge in [0.25, 0.3) is 0 Å². The molecule has 0 saturated carbocycles. The van der Waals surface area contributed by atoms with E-state index in [0.29, 0.717) is 0 Å². The third kappa shape index (κ3) is 1.40. The van der Waals surface area contributed by atoms with Crippen LogP contribution in [-0.2, 0) is 12.8 Å². The van der Waals surface area contributed by atoms with E-state index < -0.39 is 0 Å². The third-order valence-electron chi connectivity index (χ3n) is 2.21. The first-order valence-corrected chi connectivity index (χ1v) is 5.50. The van der Waals surface area contributed by atoms with Crippen LogP contribution < -0.4 is 0 Å². The number of aromatic nitrogens is 1. The van der Waals surface area contributed by atoms with Crippen LogP contribution in [0.25, 0.3) is 10.9 Å². The van der Waals surface area contributed by atoms with Gasteiger partial charge >= 0.3 is 0 Å². The highest BCUT2D eigenvalue weighted by atomic mass is 79.9. The van der Waals surface area contributed by atoms with Crippen LogP contribution in [0.5, 0.6) is 0 Å². The van der Waals surface area contributed by atoms with Gasteiger partial charge < -0.3 is 4.57 Å². The standard InChI is InChI=1S/C10H10BrNS/c1-12-5-7(6-13)10-8(11)3-2-4-9(10)12/h2-5,13H,6H2,1H3. The van der Waals surface area contributed by atoms with E-state index in [9.17, 15) is 0 Å². The third-order valence-corrected chi connectivity index (χ3v) is 3.21. The molecule has 0 aliphatic carbocycles. The summed E-state index contributed by atoms with van der Waals surface area (Å²) in [6, 6.07) is 6.23. The fourth-order valence-corrected chi connectivity index (χ4v) is 2.46. The second-order valence-corrected chi connectivity index (χ2v) is 4.23. The molecule has 0 fully saturated rings. The Balaban J connectivity index is 2.89. The number of aryl methyl sites for hydroxylation is 1. The summed E-state index contributed by atoms with van der Waals surface area (Å²) in [7, 11) is 2.06. The van der Waals surface area contributed by atoms with E-state index in [1.807, 2.05) is 0 Å². The van der Waals surface area contributed by atoms with Crippen LogP contribution in [0.1, 0.15) is 5.56 Å². The van der Waals surface area contributed by atoms with E-state index in [2.05, 4.69) is 64.6 Å². The van der Waals surface area contributed by atoms with Gasteiger partial charge in [-0.2, -0.15) is 12.6 Å². The van der Waals surface area contributed by atoms with Gasteiger partial charge in [0.15, 0.2) is 0 Å². The van der Waals surface area contributed by atoms with E-state index in [-0.39, 0.29) is 0 Å². The number of nitrogens with zero attached hydrogens (tertiary/aromatic N) is 1. The minimum Gasteiger partial charge on any atom is -0.350 e. The van der Waals surface area contributed by atoms with Gasteiger partial charge in [-0.25, -0.2) is 0 Å². The first kappa shape index (κ1) is 9.16. The van der Waals surface area contributed by atoms with Crippen LogP contribution in [0.15, 0.2) is 28.9 Å². The molecule has 3 heteroatoms. The van der Waals surface area contributed by atoms with Crippen molar-refractivity contribution in [2.45, 2.75) is 5.75 Å². The van der Waals surface area contributed by atoms with Crippen molar-refractivity contribution in [1.82, 2.24) is 4.57 Å². The van der Waals surface area contributed by atoms with Crippen molar-refractivity contribution < 1.29 is 0 Å². The smallest absolute Gasteiger partial charge is 0.0492 e. The Morgan fingerprint density at radius 1 is 1.46 bits per heavy atom. The molecule has 0 aliphatic rings. The highest BCUT2D eigenvalue weighted by Gasteiger charge is 2.07. The van der Waals surface area contributed by atoms with Crippen molar-refractivity contribution >= 4 is 39.5 Å². The normalized spacial score (nSPS) is 11.0. The molecular formula is C10H10BrNS. The molecule has 2 rings (SSSR count). The van der Waals surface area contributed by atoms with Crippen molar-refractivity contribution in [3.63, 3.8) is 0 Å². The van der Waals surface area contributed by atoms with Gasteiger partial charge in [-0.3, -0.25) is 0 Å². The molecular weight excluding hydrogens is 246 g/mol. The number of hydrogen-bond acceptors (Lipinski definition) is 1. The molecule has 0 saturated heterocycles. The average Bonchev–Trinajstić information content (AvgIpc) is 2.45. The van der Waals surface area contributed by atoms with Crippen LogP contribution >= 0.6 is 28.6 Å². The van der Waals surface area contributed by atoms with Crippen molar-refractivity contribution in [3.8, 4) is 0 Å². The molecule has 0 radical (unpaired) electrons. The largest absolute Gasteiger partial charge is 0.350 e. The molecule has 1 heterocycles. The molecule has 0 amide bonds. The second-order valence-electron chi connectivity index (χ2n) is 3.06. The Hall–Kier alpha value is -0.410. The summed E-state index contributed by atoms with van der Waals surface area (Å²) < 4.78 is 3.28. The molecule has 0 bridgehead atoms. The lowest BCUT2D eigenvalue weighted by atomic mass is 10.2. The maximum Gasteiger partial charge on any atom is 0.0492 e. The van der Waals surface area contributed by atoms with Crippen molar-refractivity contribution in [1.29, 1.82) is 0 Å². The molecule has 68 valence electrons. The molecule has 2 aromatic rings. The summed E-state index contributed by atoms with van der Waals surface area (Å²) in [6.07, 6.45) is 2.13.